The van der Waals surface area contributed by atoms with Crippen molar-refractivity contribution < 1.29 is 0 Å². The second-order valence-electron chi connectivity index (χ2n) is 3.69. The molecule has 0 fully saturated rings. The molecule has 2 aromatic carbocycles. The van der Waals surface area contributed by atoms with Crippen LogP contribution >= 0.6 is 0 Å². The van der Waals surface area contributed by atoms with Crippen molar-refractivity contribution in [1.29, 1.82) is 0 Å². The number of rotatable bonds is 1. The van der Waals surface area contributed by atoms with E-state index in [4.69, 9.17) is 0 Å². The van der Waals surface area contributed by atoms with Gasteiger partial charge in [-0.3, -0.25) is 0 Å². The molecular weight excluding hydrogens is 194 g/mol. The topological polar surface area (TPSA) is 12.9 Å². The van der Waals surface area contributed by atoms with E-state index < -0.39 is 0 Å². The molecule has 3 rings (SSSR count). The Kier molecular flexibility index (Phi) is 2.15. The fourth-order valence-electron chi connectivity index (χ4n) is 1.78. The minimum absolute atomic E-state index is 0.972. The van der Waals surface area contributed by atoms with Crippen molar-refractivity contribution in [2.45, 2.75) is 0 Å². The molecule has 3 aromatic rings. The molecule has 1 heteroatoms. The van der Waals surface area contributed by atoms with Crippen LogP contribution in [0.2, 0.25) is 0 Å². The molecule has 0 saturated heterocycles. The SMILES string of the molecule is [c-]1ccccc1-c1cc2ccccc2cn1. The maximum Gasteiger partial charge on any atom is 0.0239 e. The summed E-state index contributed by atoms with van der Waals surface area (Å²) in [5.41, 5.74) is 2.01. The van der Waals surface area contributed by atoms with Gasteiger partial charge in [0, 0.05) is 6.20 Å². The number of nitrogens with zero attached hydrogens (tertiary/aromatic N) is 1. The third kappa shape index (κ3) is 1.57. The van der Waals surface area contributed by atoms with Crippen LogP contribution < -0.4 is 0 Å². The first-order valence-corrected chi connectivity index (χ1v) is 5.25. The zero-order chi connectivity index (χ0) is 10.8. The summed E-state index contributed by atoms with van der Waals surface area (Å²) in [5.74, 6) is 0. The number of fused-ring (bicyclic) bond motifs is 1. The lowest BCUT2D eigenvalue weighted by Gasteiger charge is -2.08. The van der Waals surface area contributed by atoms with Gasteiger partial charge >= 0.3 is 0 Å². The molecule has 1 heterocycles. The normalized spacial score (nSPS) is 10.5. The predicted octanol–water partition coefficient (Wildman–Crippen LogP) is 3.70. The van der Waals surface area contributed by atoms with E-state index in [-0.39, 0.29) is 0 Å². The van der Waals surface area contributed by atoms with Gasteiger partial charge in [-0.15, -0.1) is 35.9 Å². The van der Waals surface area contributed by atoms with E-state index in [1.54, 1.807) is 0 Å². The highest BCUT2D eigenvalue weighted by atomic mass is 14.7. The Morgan fingerprint density at radius 3 is 2.50 bits per heavy atom. The van der Waals surface area contributed by atoms with E-state index in [0.717, 1.165) is 11.3 Å². The molecule has 0 saturated carbocycles. The van der Waals surface area contributed by atoms with Crippen LogP contribution in [0.3, 0.4) is 0 Å². The summed E-state index contributed by atoms with van der Waals surface area (Å²) >= 11 is 0. The monoisotopic (exact) mass is 204 g/mol. The molecular formula is C15H10N-. The first kappa shape index (κ1) is 9.10. The number of hydrogen-bond acceptors (Lipinski definition) is 1. The predicted molar refractivity (Wildman–Crippen MR) is 66.0 cm³/mol. The summed E-state index contributed by atoms with van der Waals surface area (Å²) in [5, 5.41) is 2.38. The third-order valence-corrected chi connectivity index (χ3v) is 2.62. The molecule has 0 atom stereocenters. The Hall–Kier alpha value is -2.15. The van der Waals surface area contributed by atoms with Crippen molar-refractivity contribution in [3.05, 3.63) is 66.9 Å². The zero-order valence-electron chi connectivity index (χ0n) is 8.72. The number of hydrogen-bond donors (Lipinski definition) is 0. The molecule has 1 aromatic heterocycles. The summed E-state index contributed by atoms with van der Waals surface area (Å²) in [6.07, 6.45) is 1.91. The van der Waals surface area contributed by atoms with Crippen molar-refractivity contribution in [2.24, 2.45) is 0 Å². The van der Waals surface area contributed by atoms with Crippen LogP contribution in [0.15, 0.2) is 60.8 Å². The summed E-state index contributed by atoms with van der Waals surface area (Å²) in [6.45, 7) is 0. The average Bonchev–Trinajstić information content (AvgIpc) is 2.39. The molecule has 76 valence electrons. The van der Waals surface area contributed by atoms with Crippen molar-refractivity contribution in [1.82, 2.24) is 4.98 Å². The Morgan fingerprint density at radius 2 is 1.69 bits per heavy atom. The molecule has 0 unspecified atom stereocenters. The molecule has 0 bridgehead atoms. The molecule has 0 aliphatic carbocycles. The van der Waals surface area contributed by atoms with Crippen LogP contribution in [0, 0.1) is 6.07 Å². The van der Waals surface area contributed by atoms with E-state index in [0.29, 0.717) is 0 Å². The van der Waals surface area contributed by atoms with E-state index in [2.05, 4.69) is 29.2 Å². The molecule has 0 radical (unpaired) electrons. The van der Waals surface area contributed by atoms with Gasteiger partial charge < -0.3 is 4.98 Å². The van der Waals surface area contributed by atoms with Crippen LogP contribution in [-0.4, -0.2) is 4.98 Å². The molecule has 0 N–H and O–H groups in total. The Labute approximate surface area is 94.4 Å². The van der Waals surface area contributed by atoms with E-state index in [9.17, 15) is 0 Å². The highest BCUT2D eigenvalue weighted by molar-refractivity contribution is 5.84. The van der Waals surface area contributed by atoms with E-state index in [1.165, 1.54) is 10.8 Å². The summed E-state index contributed by atoms with van der Waals surface area (Å²) in [7, 11) is 0. The maximum absolute atomic E-state index is 4.45. The molecule has 0 aliphatic heterocycles. The van der Waals surface area contributed by atoms with Gasteiger partial charge in [-0.2, -0.15) is 0 Å². The van der Waals surface area contributed by atoms with Gasteiger partial charge in [0.05, 0.1) is 0 Å². The first-order valence-electron chi connectivity index (χ1n) is 5.25. The quantitative estimate of drug-likeness (QED) is 0.551. The second kappa shape index (κ2) is 3.78. The molecule has 0 aliphatic rings. The van der Waals surface area contributed by atoms with Gasteiger partial charge in [0.25, 0.3) is 0 Å². The van der Waals surface area contributed by atoms with Gasteiger partial charge in [0.1, 0.15) is 0 Å². The maximum atomic E-state index is 4.45. The van der Waals surface area contributed by atoms with Gasteiger partial charge in [-0.05, 0) is 16.5 Å². The smallest absolute Gasteiger partial charge is 0.0239 e. The number of pyridine rings is 1. The van der Waals surface area contributed by atoms with Crippen LogP contribution in [0.25, 0.3) is 22.0 Å². The lowest BCUT2D eigenvalue weighted by Crippen LogP contribution is -1.83. The van der Waals surface area contributed by atoms with Crippen LogP contribution in [0.5, 0.6) is 0 Å². The average molecular weight is 204 g/mol. The minimum Gasteiger partial charge on any atom is -0.304 e. The fourth-order valence-corrected chi connectivity index (χ4v) is 1.78. The zero-order valence-corrected chi connectivity index (χ0v) is 8.72. The summed E-state index contributed by atoms with van der Waals surface area (Å²) in [4.78, 5) is 4.45. The Morgan fingerprint density at radius 1 is 0.875 bits per heavy atom. The van der Waals surface area contributed by atoms with E-state index >= 15 is 0 Å². The van der Waals surface area contributed by atoms with Crippen molar-refractivity contribution in [3.63, 3.8) is 0 Å². The largest absolute Gasteiger partial charge is 0.304 e. The van der Waals surface area contributed by atoms with Gasteiger partial charge in [0.2, 0.25) is 0 Å². The molecule has 0 spiro atoms. The third-order valence-electron chi connectivity index (χ3n) is 2.62. The lowest BCUT2D eigenvalue weighted by atomic mass is 10.1. The van der Waals surface area contributed by atoms with Gasteiger partial charge in [0.15, 0.2) is 0 Å². The highest BCUT2D eigenvalue weighted by Crippen LogP contribution is 2.20. The van der Waals surface area contributed by atoms with Gasteiger partial charge in [-0.25, -0.2) is 0 Å². The molecule has 16 heavy (non-hydrogen) atoms. The van der Waals surface area contributed by atoms with Crippen molar-refractivity contribution in [2.75, 3.05) is 0 Å². The lowest BCUT2D eigenvalue weighted by molar-refractivity contribution is 1.35. The van der Waals surface area contributed by atoms with Crippen LogP contribution in [0.4, 0.5) is 0 Å². The fraction of sp³-hybridized carbons (Fsp3) is 0. The number of aromatic nitrogens is 1. The Bertz CT molecular complexity index is 614. The first-order chi connectivity index (χ1) is 7.93. The minimum atomic E-state index is 0.972. The summed E-state index contributed by atoms with van der Waals surface area (Å²) in [6, 6.07) is 21.4. The standard InChI is InChI=1S/C15H10N/c1-2-6-12(7-3-1)15-10-13-8-4-5-9-14(13)11-16-15/h1-6,8-11H/q-1. The Balaban J connectivity index is 2.19. The van der Waals surface area contributed by atoms with Crippen LogP contribution in [0.1, 0.15) is 0 Å². The van der Waals surface area contributed by atoms with Crippen molar-refractivity contribution in [3.8, 4) is 11.3 Å². The second-order valence-corrected chi connectivity index (χ2v) is 3.69. The summed E-state index contributed by atoms with van der Waals surface area (Å²) < 4.78 is 0. The van der Waals surface area contributed by atoms with Crippen LogP contribution in [-0.2, 0) is 0 Å². The molecule has 1 nitrogen and oxygen atoms in total. The van der Waals surface area contributed by atoms with Crippen molar-refractivity contribution >= 4 is 10.8 Å². The molecule has 0 amide bonds. The highest BCUT2D eigenvalue weighted by Gasteiger charge is 1.94. The van der Waals surface area contributed by atoms with E-state index in [1.807, 2.05) is 42.6 Å². The number of benzene rings is 2. The van der Waals surface area contributed by atoms with Gasteiger partial charge in [-0.1, -0.05) is 30.3 Å².